The van der Waals surface area contributed by atoms with Crippen LogP contribution in [-0.2, 0) is 11.2 Å². The fourth-order valence-corrected chi connectivity index (χ4v) is 1.83. The number of carbonyl (C=O) groups is 1. The average Bonchev–Trinajstić information content (AvgIpc) is 2.48. The molecule has 0 aliphatic carbocycles. The molecular formula is C18H17NO. The number of carbonyl (C=O) groups excluding carboxylic acids is 1. The molecule has 0 aliphatic heterocycles. The summed E-state index contributed by atoms with van der Waals surface area (Å²) in [5.74, 6) is 6.28. The molecule has 0 fully saturated rings. The molecule has 100 valence electrons. The fraction of sp³-hybridized carbons (Fsp3) is 0.167. The number of nitrogens with one attached hydrogen (secondary N) is 1. The van der Waals surface area contributed by atoms with Crippen molar-refractivity contribution in [2.45, 2.75) is 13.3 Å². The Balaban J connectivity index is 2.25. The van der Waals surface area contributed by atoms with Crippen molar-refractivity contribution in [2.24, 2.45) is 0 Å². The molecular weight excluding hydrogens is 246 g/mol. The number of rotatable bonds is 2. The van der Waals surface area contributed by atoms with Crippen LogP contribution in [0, 0.1) is 18.8 Å². The summed E-state index contributed by atoms with van der Waals surface area (Å²) in [6.45, 7) is 2.05. The van der Waals surface area contributed by atoms with Gasteiger partial charge in [-0.3, -0.25) is 4.79 Å². The van der Waals surface area contributed by atoms with Crippen molar-refractivity contribution >= 4 is 5.91 Å². The van der Waals surface area contributed by atoms with Crippen LogP contribution in [0.2, 0.25) is 0 Å². The molecule has 1 N–H and O–H groups in total. The quantitative estimate of drug-likeness (QED) is 0.829. The van der Waals surface area contributed by atoms with Gasteiger partial charge in [-0.1, -0.05) is 47.7 Å². The van der Waals surface area contributed by atoms with Gasteiger partial charge in [0.05, 0.1) is 6.42 Å². The third-order valence-corrected chi connectivity index (χ3v) is 3.04. The van der Waals surface area contributed by atoms with E-state index >= 15 is 0 Å². The van der Waals surface area contributed by atoms with Crippen LogP contribution in [0.4, 0.5) is 0 Å². The average molecular weight is 263 g/mol. The van der Waals surface area contributed by atoms with Gasteiger partial charge in [0.1, 0.15) is 0 Å². The van der Waals surface area contributed by atoms with Gasteiger partial charge >= 0.3 is 0 Å². The first-order valence-corrected chi connectivity index (χ1v) is 6.56. The molecule has 1 amide bonds. The highest BCUT2D eigenvalue weighted by molar-refractivity contribution is 5.79. The van der Waals surface area contributed by atoms with Crippen molar-refractivity contribution in [3.63, 3.8) is 0 Å². The van der Waals surface area contributed by atoms with Gasteiger partial charge in [0.15, 0.2) is 0 Å². The van der Waals surface area contributed by atoms with Gasteiger partial charge in [0.2, 0.25) is 5.91 Å². The van der Waals surface area contributed by atoms with Crippen molar-refractivity contribution in [2.75, 3.05) is 7.05 Å². The Morgan fingerprint density at radius 2 is 1.75 bits per heavy atom. The molecule has 2 aromatic rings. The maximum Gasteiger partial charge on any atom is 0.224 e. The van der Waals surface area contributed by atoms with E-state index in [1.165, 1.54) is 5.56 Å². The molecule has 2 rings (SSSR count). The largest absolute Gasteiger partial charge is 0.359 e. The van der Waals surface area contributed by atoms with Crippen molar-refractivity contribution in [1.29, 1.82) is 0 Å². The normalized spacial score (nSPS) is 9.50. The lowest BCUT2D eigenvalue weighted by molar-refractivity contribution is -0.119. The smallest absolute Gasteiger partial charge is 0.224 e. The third-order valence-electron chi connectivity index (χ3n) is 3.04. The molecule has 0 saturated heterocycles. The van der Waals surface area contributed by atoms with Crippen molar-refractivity contribution in [3.05, 3.63) is 70.8 Å². The van der Waals surface area contributed by atoms with Crippen LogP contribution in [0.3, 0.4) is 0 Å². The minimum absolute atomic E-state index is 0.00501. The van der Waals surface area contributed by atoms with Gasteiger partial charge in [-0.2, -0.15) is 0 Å². The van der Waals surface area contributed by atoms with Crippen molar-refractivity contribution < 1.29 is 4.79 Å². The molecule has 20 heavy (non-hydrogen) atoms. The second-order valence-corrected chi connectivity index (χ2v) is 4.62. The van der Waals surface area contributed by atoms with Crippen LogP contribution in [0.15, 0.2) is 48.5 Å². The molecule has 0 spiro atoms. The number of amides is 1. The first kappa shape index (κ1) is 13.9. The SMILES string of the molecule is CNC(=O)Cc1ccccc1C#Cc1ccc(C)cc1. The minimum Gasteiger partial charge on any atom is -0.359 e. The van der Waals surface area contributed by atoms with Gasteiger partial charge < -0.3 is 5.32 Å². The number of benzene rings is 2. The Hall–Kier alpha value is -2.53. The second-order valence-electron chi connectivity index (χ2n) is 4.62. The van der Waals surface area contributed by atoms with Crippen LogP contribution in [0.25, 0.3) is 0 Å². The molecule has 0 heterocycles. The zero-order chi connectivity index (χ0) is 14.4. The van der Waals surface area contributed by atoms with Gasteiger partial charge in [0, 0.05) is 18.2 Å². The molecule has 2 heteroatoms. The zero-order valence-corrected chi connectivity index (χ0v) is 11.7. The van der Waals surface area contributed by atoms with Crippen LogP contribution in [0.5, 0.6) is 0 Å². The number of likely N-dealkylation sites (N-methyl/N-ethyl adjacent to an activating group) is 1. The highest BCUT2D eigenvalue weighted by Crippen LogP contribution is 2.09. The van der Waals surface area contributed by atoms with E-state index in [2.05, 4.69) is 24.1 Å². The van der Waals surface area contributed by atoms with Crippen LogP contribution >= 0.6 is 0 Å². The summed E-state index contributed by atoms with van der Waals surface area (Å²) >= 11 is 0. The Bertz CT molecular complexity index is 660. The molecule has 0 atom stereocenters. The second kappa shape index (κ2) is 6.58. The van der Waals surface area contributed by atoms with Crippen molar-refractivity contribution in [1.82, 2.24) is 5.32 Å². The number of hydrogen-bond acceptors (Lipinski definition) is 1. The van der Waals surface area contributed by atoms with E-state index in [1.54, 1.807) is 7.05 Å². The maximum atomic E-state index is 11.5. The Morgan fingerprint density at radius 3 is 2.45 bits per heavy atom. The van der Waals surface area contributed by atoms with Gasteiger partial charge in [0.25, 0.3) is 0 Å². The van der Waals surface area contributed by atoms with E-state index in [0.717, 1.165) is 16.7 Å². The predicted octanol–water partition coefficient (Wildman–Crippen LogP) is 2.68. The molecule has 0 bridgehead atoms. The monoisotopic (exact) mass is 263 g/mol. The summed E-state index contributed by atoms with van der Waals surface area (Å²) in [5, 5.41) is 2.63. The van der Waals surface area contributed by atoms with Crippen LogP contribution in [-0.4, -0.2) is 13.0 Å². The third kappa shape index (κ3) is 3.73. The van der Waals surface area contributed by atoms with E-state index < -0.39 is 0 Å². The van der Waals surface area contributed by atoms with Crippen molar-refractivity contribution in [3.8, 4) is 11.8 Å². The van der Waals surface area contributed by atoms with E-state index in [-0.39, 0.29) is 5.91 Å². The lowest BCUT2D eigenvalue weighted by atomic mass is 10.0. The molecule has 0 radical (unpaired) electrons. The van der Waals surface area contributed by atoms with Gasteiger partial charge in [-0.05, 0) is 30.7 Å². The lowest BCUT2D eigenvalue weighted by Crippen LogP contribution is -2.20. The topological polar surface area (TPSA) is 29.1 Å². The number of aryl methyl sites for hydroxylation is 1. The summed E-state index contributed by atoms with van der Waals surface area (Å²) in [6.07, 6.45) is 0.356. The molecule has 0 unspecified atom stereocenters. The first-order chi connectivity index (χ1) is 9.69. The van der Waals surface area contributed by atoms with Gasteiger partial charge in [-0.25, -0.2) is 0 Å². The predicted molar refractivity (Wildman–Crippen MR) is 81.4 cm³/mol. The van der Waals surface area contributed by atoms with E-state index in [9.17, 15) is 4.79 Å². The molecule has 2 aromatic carbocycles. The highest BCUT2D eigenvalue weighted by atomic mass is 16.1. The standard InChI is InChI=1S/C18H17NO/c1-14-7-9-15(10-8-14)11-12-16-5-3-4-6-17(16)13-18(20)19-2/h3-10H,13H2,1-2H3,(H,19,20). The summed E-state index contributed by atoms with van der Waals surface area (Å²) in [6, 6.07) is 15.8. The van der Waals surface area contributed by atoms with E-state index in [4.69, 9.17) is 0 Å². The van der Waals surface area contributed by atoms with E-state index in [1.807, 2.05) is 48.5 Å². The molecule has 0 saturated carbocycles. The summed E-state index contributed by atoms with van der Waals surface area (Å²) in [4.78, 5) is 11.5. The fourth-order valence-electron chi connectivity index (χ4n) is 1.83. The van der Waals surface area contributed by atoms with Gasteiger partial charge in [-0.15, -0.1) is 0 Å². The van der Waals surface area contributed by atoms with Crippen LogP contribution < -0.4 is 5.32 Å². The lowest BCUT2D eigenvalue weighted by Gasteiger charge is -2.03. The Labute approximate surface area is 119 Å². The Kier molecular flexibility index (Phi) is 4.57. The minimum atomic E-state index is -0.00501. The highest BCUT2D eigenvalue weighted by Gasteiger charge is 2.04. The first-order valence-electron chi connectivity index (χ1n) is 6.56. The summed E-state index contributed by atoms with van der Waals surface area (Å²) in [5.41, 5.74) is 4.05. The number of hydrogen-bond donors (Lipinski definition) is 1. The van der Waals surface area contributed by atoms with Crippen LogP contribution in [0.1, 0.15) is 22.3 Å². The molecule has 0 aliphatic rings. The summed E-state index contributed by atoms with van der Waals surface area (Å²) in [7, 11) is 1.64. The molecule has 2 nitrogen and oxygen atoms in total. The Morgan fingerprint density at radius 1 is 1.05 bits per heavy atom. The maximum absolute atomic E-state index is 11.5. The zero-order valence-electron chi connectivity index (χ0n) is 11.7. The van der Waals surface area contributed by atoms with E-state index in [0.29, 0.717) is 6.42 Å². The molecule has 0 aromatic heterocycles. The summed E-state index contributed by atoms with van der Waals surface area (Å²) < 4.78 is 0.